The number of allylic oxidation sites excluding steroid dienone is 1. The summed E-state index contributed by atoms with van der Waals surface area (Å²) in [5.74, 6) is 0.502. The summed E-state index contributed by atoms with van der Waals surface area (Å²) in [5, 5.41) is 4.28. The van der Waals surface area contributed by atoms with Crippen molar-refractivity contribution in [2.75, 3.05) is 11.4 Å². The highest BCUT2D eigenvalue weighted by molar-refractivity contribution is 5.58. The number of hydrogen-bond donors (Lipinski definition) is 0. The van der Waals surface area contributed by atoms with Crippen molar-refractivity contribution in [3.8, 4) is 0 Å². The molecule has 20 heavy (non-hydrogen) atoms. The molecule has 1 aromatic heterocycles. The van der Waals surface area contributed by atoms with Gasteiger partial charge >= 0.3 is 11.1 Å². The number of benzene rings is 1. The molecule has 0 aliphatic carbocycles. The van der Waals surface area contributed by atoms with Crippen LogP contribution >= 0.6 is 0 Å². The first-order chi connectivity index (χ1) is 9.72. The van der Waals surface area contributed by atoms with E-state index in [1.807, 2.05) is 35.2 Å². The van der Waals surface area contributed by atoms with Crippen molar-refractivity contribution in [1.82, 2.24) is 14.3 Å². The van der Waals surface area contributed by atoms with Gasteiger partial charge in [-0.25, -0.2) is 4.68 Å². The van der Waals surface area contributed by atoms with E-state index in [0.29, 0.717) is 19.0 Å². The maximum Gasteiger partial charge on any atom is 0.333 e. The van der Waals surface area contributed by atoms with Crippen LogP contribution in [0.5, 0.6) is 0 Å². The molecule has 1 aliphatic rings. The minimum Gasteiger partial charge on any atom is -0.309 e. The van der Waals surface area contributed by atoms with Gasteiger partial charge in [0.05, 0.1) is 6.54 Å². The van der Waals surface area contributed by atoms with Crippen LogP contribution in [-0.2, 0) is 13.1 Å². The molecule has 0 N–H and O–H groups in total. The first kappa shape index (κ1) is 12.4. The number of rotatable bonds is 3. The SMILES string of the molecule is C=CCn1nc2n(c(=O)c1=O)CCN2c1ccccc1. The second kappa shape index (κ2) is 4.80. The van der Waals surface area contributed by atoms with E-state index in [1.54, 1.807) is 6.08 Å². The van der Waals surface area contributed by atoms with Crippen LogP contribution in [0.3, 0.4) is 0 Å². The van der Waals surface area contributed by atoms with Crippen LogP contribution < -0.4 is 16.0 Å². The molecule has 0 fully saturated rings. The molecule has 6 heteroatoms. The van der Waals surface area contributed by atoms with Gasteiger partial charge in [0.2, 0.25) is 5.95 Å². The standard InChI is InChI=1S/C14H14N4O2/c1-2-8-18-13(20)12(19)17-10-9-16(14(17)15-18)11-6-4-3-5-7-11/h2-7H,1,8-10H2. The predicted molar refractivity (Wildman–Crippen MR) is 76.4 cm³/mol. The molecule has 1 aliphatic heterocycles. The van der Waals surface area contributed by atoms with Gasteiger partial charge in [-0.1, -0.05) is 24.3 Å². The summed E-state index contributed by atoms with van der Waals surface area (Å²) in [6.45, 7) is 4.90. The lowest BCUT2D eigenvalue weighted by Gasteiger charge is -2.17. The third-order valence-corrected chi connectivity index (χ3v) is 3.27. The van der Waals surface area contributed by atoms with E-state index in [4.69, 9.17) is 0 Å². The Labute approximate surface area is 115 Å². The fourth-order valence-electron chi connectivity index (χ4n) is 2.32. The molecule has 0 amide bonds. The van der Waals surface area contributed by atoms with Gasteiger partial charge in [0.1, 0.15) is 0 Å². The van der Waals surface area contributed by atoms with Crippen LogP contribution in [0.15, 0.2) is 52.6 Å². The second-order valence-electron chi connectivity index (χ2n) is 4.52. The number of para-hydroxylation sites is 1. The van der Waals surface area contributed by atoms with Crippen molar-refractivity contribution in [2.45, 2.75) is 13.1 Å². The molecule has 0 atom stereocenters. The maximum atomic E-state index is 12.1. The third-order valence-electron chi connectivity index (χ3n) is 3.27. The van der Waals surface area contributed by atoms with Gasteiger partial charge in [-0.05, 0) is 12.1 Å². The van der Waals surface area contributed by atoms with Crippen molar-refractivity contribution in [3.63, 3.8) is 0 Å². The van der Waals surface area contributed by atoms with Crippen LogP contribution in [0, 0.1) is 0 Å². The number of anilines is 2. The summed E-state index contributed by atoms with van der Waals surface area (Å²) < 4.78 is 2.58. The molecular formula is C14H14N4O2. The zero-order chi connectivity index (χ0) is 14.1. The number of hydrogen-bond acceptors (Lipinski definition) is 4. The number of aromatic nitrogens is 3. The molecule has 0 bridgehead atoms. The average Bonchev–Trinajstić information content (AvgIpc) is 2.89. The van der Waals surface area contributed by atoms with Crippen LogP contribution in [0.1, 0.15) is 0 Å². The summed E-state index contributed by atoms with van der Waals surface area (Å²) in [5.41, 5.74) is -0.187. The van der Waals surface area contributed by atoms with Crippen molar-refractivity contribution in [3.05, 3.63) is 63.7 Å². The lowest BCUT2D eigenvalue weighted by atomic mass is 10.3. The van der Waals surface area contributed by atoms with Gasteiger partial charge in [-0.15, -0.1) is 11.7 Å². The summed E-state index contributed by atoms with van der Waals surface area (Å²) in [4.78, 5) is 25.9. The Balaban J connectivity index is 2.16. The van der Waals surface area contributed by atoms with Crippen molar-refractivity contribution < 1.29 is 0 Å². The lowest BCUT2D eigenvalue weighted by Crippen LogP contribution is -2.42. The zero-order valence-electron chi connectivity index (χ0n) is 10.9. The summed E-state index contributed by atoms with van der Waals surface area (Å²) in [6.07, 6.45) is 1.55. The minimum absolute atomic E-state index is 0.227. The minimum atomic E-state index is -0.608. The van der Waals surface area contributed by atoms with E-state index in [-0.39, 0.29) is 6.54 Å². The van der Waals surface area contributed by atoms with E-state index in [1.165, 1.54) is 4.57 Å². The topological polar surface area (TPSA) is 60.1 Å². The monoisotopic (exact) mass is 270 g/mol. The van der Waals surface area contributed by atoms with Crippen molar-refractivity contribution >= 4 is 11.6 Å². The van der Waals surface area contributed by atoms with Gasteiger partial charge in [-0.3, -0.25) is 14.2 Å². The Morgan fingerprint density at radius 3 is 2.60 bits per heavy atom. The highest BCUT2D eigenvalue weighted by Gasteiger charge is 2.25. The lowest BCUT2D eigenvalue weighted by molar-refractivity contribution is 0.600. The molecule has 1 aromatic carbocycles. The van der Waals surface area contributed by atoms with E-state index < -0.39 is 11.1 Å². The van der Waals surface area contributed by atoms with Crippen LogP contribution in [-0.4, -0.2) is 20.9 Å². The van der Waals surface area contributed by atoms with Gasteiger partial charge < -0.3 is 4.90 Å². The fraction of sp³-hybridized carbons (Fsp3) is 0.214. The van der Waals surface area contributed by atoms with Crippen LogP contribution in [0.25, 0.3) is 0 Å². The summed E-state index contributed by atoms with van der Waals surface area (Å²) in [6, 6.07) is 9.68. The van der Waals surface area contributed by atoms with E-state index in [9.17, 15) is 9.59 Å². The maximum absolute atomic E-state index is 12.1. The van der Waals surface area contributed by atoms with E-state index in [2.05, 4.69) is 11.7 Å². The Hall–Kier alpha value is -2.63. The number of nitrogens with zero attached hydrogens (tertiary/aromatic N) is 4. The van der Waals surface area contributed by atoms with E-state index in [0.717, 1.165) is 10.4 Å². The molecule has 102 valence electrons. The molecule has 0 saturated carbocycles. The average molecular weight is 270 g/mol. The Morgan fingerprint density at radius 1 is 1.15 bits per heavy atom. The smallest absolute Gasteiger partial charge is 0.309 e. The first-order valence-corrected chi connectivity index (χ1v) is 6.38. The predicted octanol–water partition coefficient (Wildman–Crippen LogP) is 0.743. The summed E-state index contributed by atoms with van der Waals surface area (Å²) in [7, 11) is 0. The van der Waals surface area contributed by atoms with Gasteiger partial charge in [-0.2, -0.15) is 0 Å². The molecule has 3 rings (SSSR count). The molecule has 0 radical (unpaired) electrons. The normalized spacial score (nSPS) is 13.3. The van der Waals surface area contributed by atoms with Crippen molar-refractivity contribution in [2.24, 2.45) is 0 Å². The number of fused-ring (bicyclic) bond motifs is 1. The molecular weight excluding hydrogens is 256 g/mol. The molecule has 2 aromatic rings. The molecule has 0 unspecified atom stereocenters. The van der Waals surface area contributed by atoms with Gasteiger partial charge in [0.25, 0.3) is 0 Å². The Morgan fingerprint density at radius 2 is 1.90 bits per heavy atom. The highest BCUT2D eigenvalue weighted by Crippen LogP contribution is 2.25. The highest BCUT2D eigenvalue weighted by atomic mass is 16.2. The quantitative estimate of drug-likeness (QED) is 0.610. The first-order valence-electron chi connectivity index (χ1n) is 6.38. The van der Waals surface area contributed by atoms with E-state index >= 15 is 0 Å². The molecule has 6 nitrogen and oxygen atoms in total. The zero-order valence-corrected chi connectivity index (χ0v) is 10.9. The largest absolute Gasteiger partial charge is 0.333 e. The van der Waals surface area contributed by atoms with Crippen LogP contribution in [0.2, 0.25) is 0 Å². The van der Waals surface area contributed by atoms with Crippen LogP contribution in [0.4, 0.5) is 11.6 Å². The van der Waals surface area contributed by atoms with Gasteiger partial charge in [0.15, 0.2) is 0 Å². The second-order valence-corrected chi connectivity index (χ2v) is 4.52. The fourth-order valence-corrected chi connectivity index (χ4v) is 2.32. The Kier molecular flexibility index (Phi) is 2.98. The van der Waals surface area contributed by atoms with Crippen molar-refractivity contribution in [1.29, 1.82) is 0 Å². The third kappa shape index (κ3) is 1.85. The molecule has 0 saturated heterocycles. The Bertz CT molecular complexity index is 761. The molecule has 0 spiro atoms. The molecule has 2 heterocycles. The summed E-state index contributed by atoms with van der Waals surface area (Å²) >= 11 is 0. The van der Waals surface area contributed by atoms with Gasteiger partial charge in [0, 0.05) is 18.8 Å².